The van der Waals surface area contributed by atoms with E-state index in [1.54, 1.807) is 0 Å². The normalized spacial score (nSPS) is 19.4. The van der Waals surface area contributed by atoms with Crippen LogP contribution in [0.4, 0.5) is 0 Å². The van der Waals surface area contributed by atoms with E-state index in [-0.39, 0.29) is 0 Å². The second-order valence-corrected chi connectivity index (χ2v) is 6.85. The van der Waals surface area contributed by atoms with Gasteiger partial charge in [-0.1, -0.05) is 13.0 Å². The summed E-state index contributed by atoms with van der Waals surface area (Å²) in [5.41, 5.74) is 6.05. The molecule has 3 aromatic rings. The molecule has 5 nitrogen and oxygen atoms in total. The van der Waals surface area contributed by atoms with Gasteiger partial charge in [0, 0.05) is 24.7 Å². The molecule has 0 amide bonds. The zero-order valence-corrected chi connectivity index (χ0v) is 14.1. The van der Waals surface area contributed by atoms with Crippen LogP contribution < -0.4 is 0 Å². The van der Waals surface area contributed by atoms with E-state index < -0.39 is 0 Å². The molecule has 0 aliphatic carbocycles. The lowest BCUT2D eigenvalue weighted by Gasteiger charge is -2.32. The molecule has 120 valence electrons. The topological polar surface area (TPSA) is 57.7 Å². The lowest BCUT2D eigenvalue weighted by Crippen LogP contribution is -2.34. The van der Waals surface area contributed by atoms with Crippen LogP contribution in [-0.4, -0.2) is 36.9 Å². The van der Waals surface area contributed by atoms with Crippen molar-refractivity contribution in [1.29, 1.82) is 0 Å². The van der Waals surface area contributed by atoms with E-state index in [0.29, 0.717) is 5.92 Å². The molecular weight excluding hydrogens is 306 g/mol. The Labute approximate surface area is 140 Å². The first-order chi connectivity index (χ1) is 11.3. The first-order valence-corrected chi connectivity index (χ1v) is 9.02. The summed E-state index contributed by atoms with van der Waals surface area (Å²) in [6, 6.07) is 6.44. The molecule has 3 heterocycles. The van der Waals surface area contributed by atoms with Crippen molar-refractivity contribution in [2.24, 2.45) is 0 Å². The number of nitrogens with one attached hydrogen (secondary N) is 1. The minimum absolute atomic E-state index is 0.575. The number of H-pyrrole nitrogens is 1. The van der Waals surface area contributed by atoms with Gasteiger partial charge >= 0.3 is 0 Å². The molecule has 6 heteroatoms. The number of nitrogens with zero attached hydrogens (tertiary/aromatic N) is 4. The quantitative estimate of drug-likeness (QED) is 0.798. The minimum atomic E-state index is 0.575. The summed E-state index contributed by atoms with van der Waals surface area (Å²) in [5, 5.41) is 7.49. The maximum Gasteiger partial charge on any atom is 0.105 e. The molecule has 4 rings (SSSR count). The summed E-state index contributed by atoms with van der Waals surface area (Å²) >= 11 is 1.29. The fourth-order valence-corrected chi connectivity index (χ4v) is 4.09. The molecular formula is C17H21N5S. The Bertz CT molecular complexity index is 793. The molecule has 0 radical (unpaired) electrons. The lowest BCUT2D eigenvalue weighted by molar-refractivity contribution is 0.198. The fourth-order valence-electron chi connectivity index (χ4n) is 3.58. The van der Waals surface area contributed by atoms with Crippen LogP contribution in [0.3, 0.4) is 0 Å². The molecule has 1 fully saturated rings. The van der Waals surface area contributed by atoms with Crippen molar-refractivity contribution in [2.45, 2.75) is 38.6 Å². The molecule has 23 heavy (non-hydrogen) atoms. The predicted octanol–water partition coefficient (Wildman–Crippen LogP) is 3.36. The number of likely N-dealkylation sites (tertiary alicyclic amines) is 1. The Morgan fingerprint density at radius 2 is 2.22 bits per heavy atom. The molecule has 1 N–H and O–H groups in total. The Balaban J connectivity index is 1.48. The number of benzene rings is 1. The monoisotopic (exact) mass is 327 g/mol. The van der Waals surface area contributed by atoms with Gasteiger partial charge in [0.1, 0.15) is 11.0 Å². The lowest BCUT2D eigenvalue weighted by atomic mass is 9.91. The van der Waals surface area contributed by atoms with Gasteiger partial charge < -0.3 is 0 Å². The summed E-state index contributed by atoms with van der Waals surface area (Å²) < 4.78 is 8.63. The molecule has 0 saturated carbocycles. The standard InChI is InChI=1S/C17H21N5S/c1-2-13-9-18-19-17(13)14-4-3-7-22(11-14)10-12-5-6-15-16(8-12)21-23-20-15/h5-6,8-9,14H,2-4,7,10-11H2,1H3,(H,18,19). The number of piperidine rings is 1. The summed E-state index contributed by atoms with van der Waals surface area (Å²) in [4.78, 5) is 2.55. The van der Waals surface area contributed by atoms with E-state index >= 15 is 0 Å². The van der Waals surface area contributed by atoms with Crippen LogP contribution in [-0.2, 0) is 13.0 Å². The highest BCUT2D eigenvalue weighted by Gasteiger charge is 2.24. The van der Waals surface area contributed by atoms with Gasteiger partial charge in [-0.3, -0.25) is 10.00 Å². The molecule has 1 atom stereocenters. The van der Waals surface area contributed by atoms with E-state index in [1.807, 2.05) is 6.20 Å². The molecule has 1 saturated heterocycles. The zero-order valence-electron chi connectivity index (χ0n) is 13.3. The highest BCUT2D eigenvalue weighted by Crippen LogP contribution is 2.29. The Kier molecular flexibility index (Phi) is 4.10. The second-order valence-electron chi connectivity index (χ2n) is 6.32. The van der Waals surface area contributed by atoms with Crippen molar-refractivity contribution in [3.05, 3.63) is 41.2 Å². The van der Waals surface area contributed by atoms with Crippen molar-refractivity contribution >= 4 is 22.8 Å². The van der Waals surface area contributed by atoms with Crippen molar-refractivity contribution in [3.8, 4) is 0 Å². The van der Waals surface area contributed by atoms with Crippen molar-refractivity contribution in [1.82, 2.24) is 23.8 Å². The number of fused-ring (bicyclic) bond motifs is 1. The van der Waals surface area contributed by atoms with E-state index in [2.05, 4.69) is 49.0 Å². The Hall–Kier alpha value is -1.79. The number of hydrogen-bond donors (Lipinski definition) is 1. The minimum Gasteiger partial charge on any atom is -0.298 e. The fraction of sp³-hybridized carbons (Fsp3) is 0.471. The van der Waals surface area contributed by atoms with Gasteiger partial charge in [0.25, 0.3) is 0 Å². The molecule has 1 aliphatic rings. The molecule has 2 aromatic heterocycles. The maximum atomic E-state index is 4.35. The average Bonchev–Trinajstić information content (AvgIpc) is 3.23. The smallest absolute Gasteiger partial charge is 0.105 e. The van der Waals surface area contributed by atoms with E-state index in [9.17, 15) is 0 Å². The van der Waals surface area contributed by atoms with Gasteiger partial charge in [-0.15, -0.1) is 0 Å². The molecule has 0 spiro atoms. The van der Waals surface area contributed by atoms with Gasteiger partial charge in [-0.2, -0.15) is 13.8 Å². The molecule has 1 aromatic carbocycles. The first-order valence-electron chi connectivity index (χ1n) is 8.29. The second kappa shape index (κ2) is 6.37. The third-order valence-electron chi connectivity index (χ3n) is 4.77. The highest BCUT2D eigenvalue weighted by molar-refractivity contribution is 7.00. The van der Waals surface area contributed by atoms with Gasteiger partial charge in [-0.25, -0.2) is 0 Å². The Morgan fingerprint density at radius 3 is 3.13 bits per heavy atom. The number of hydrogen-bond acceptors (Lipinski definition) is 5. The largest absolute Gasteiger partial charge is 0.298 e. The third kappa shape index (κ3) is 3.01. The van der Waals surface area contributed by atoms with Gasteiger partial charge in [0.2, 0.25) is 0 Å². The number of aryl methyl sites for hydroxylation is 1. The van der Waals surface area contributed by atoms with Crippen LogP contribution in [0.1, 0.15) is 42.5 Å². The van der Waals surface area contributed by atoms with Crippen LogP contribution in [0.2, 0.25) is 0 Å². The van der Waals surface area contributed by atoms with Crippen LogP contribution in [0.25, 0.3) is 11.0 Å². The van der Waals surface area contributed by atoms with Crippen molar-refractivity contribution in [2.75, 3.05) is 13.1 Å². The number of rotatable bonds is 4. The summed E-state index contributed by atoms with van der Waals surface area (Å²) in [7, 11) is 0. The summed E-state index contributed by atoms with van der Waals surface area (Å²) in [5.74, 6) is 0.575. The first kappa shape index (κ1) is 14.8. The Morgan fingerprint density at radius 1 is 1.30 bits per heavy atom. The van der Waals surface area contributed by atoms with Gasteiger partial charge in [0.15, 0.2) is 0 Å². The molecule has 0 bridgehead atoms. The zero-order chi connectivity index (χ0) is 15.6. The van der Waals surface area contributed by atoms with Crippen molar-refractivity contribution in [3.63, 3.8) is 0 Å². The maximum absolute atomic E-state index is 4.35. The van der Waals surface area contributed by atoms with E-state index in [4.69, 9.17) is 0 Å². The van der Waals surface area contributed by atoms with E-state index in [0.717, 1.165) is 30.5 Å². The summed E-state index contributed by atoms with van der Waals surface area (Å²) in [6.07, 6.45) is 5.53. The van der Waals surface area contributed by atoms with Crippen LogP contribution in [0.15, 0.2) is 24.4 Å². The average molecular weight is 327 g/mol. The predicted molar refractivity (Wildman–Crippen MR) is 92.6 cm³/mol. The molecule has 1 aliphatic heterocycles. The summed E-state index contributed by atoms with van der Waals surface area (Å²) in [6.45, 7) is 5.45. The highest BCUT2D eigenvalue weighted by atomic mass is 32.1. The SMILES string of the molecule is CCc1cn[nH]c1C1CCCN(Cc2ccc3nsnc3c2)C1. The third-order valence-corrected chi connectivity index (χ3v) is 5.33. The number of aromatic nitrogens is 4. The van der Waals surface area contributed by atoms with E-state index in [1.165, 1.54) is 47.9 Å². The van der Waals surface area contributed by atoms with Crippen LogP contribution in [0, 0.1) is 0 Å². The van der Waals surface area contributed by atoms with Gasteiger partial charge in [-0.05, 0) is 49.1 Å². The molecule has 1 unspecified atom stereocenters. The van der Waals surface area contributed by atoms with Crippen molar-refractivity contribution < 1.29 is 0 Å². The number of aromatic amines is 1. The van der Waals surface area contributed by atoms with Crippen LogP contribution in [0.5, 0.6) is 0 Å². The van der Waals surface area contributed by atoms with Crippen LogP contribution >= 0.6 is 11.7 Å². The van der Waals surface area contributed by atoms with Gasteiger partial charge in [0.05, 0.1) is 17.9 Å².